The topological polar surface area (TPSA) is 71.9 Å². The lowest BCUT2D eigenvalue weighted by Crippen LogP contribution is -2.51. The molecule has 2 fully saturated rings. The van der Waals surface area contributed by atoms with E-state index in [0.717, 1.165) is 52.2 Å². The number of nitrogens with zero attached hydrogens (tertiary/aromatic N) is 2. The summed E-state index contributed by atoms with van der Waals surface area (Å²) in [6.07, 6.45) is 4.88. The molecule has 3 heterocycles. The number of furan rings is 1. The van der Waals surface area contributed by atoms with Gasteiger partial charge in [-0.1, -0.05) is 0 Å². The van der Waals surface area contributed by atoms with Gasteiger partial charge in [0.2, 0.25) is 0 Å². The molecule has 22 heavy (non-hydrogen) atoms. The van der Waals surface area contributed by atoms with Gasteiger partial charge in [0, 0.05) is 32.2 Å². The van der Waals surface area contributed by atoms with Crippen molar-refractivity contribution in [2.75, 3.05) is 39.4 Å². The molecule has 2 N–H and O–H groups in total. The molecule has 0 saturated carbocycles. The van der Waals surface area contributed by atoms with Gasteiger partial charge in [0.25, 0.3) is 5.91 Å². The molecule has 1 amide bonds. The number of carbonyl (C=O) groups excluding carboxylic acids is 1. The molecule has 3 rings (SSSR count). The Morgan fingerprint density at radius 3 is 2.82 bits per heavy atom. The van der Waals surface area contributed by atoms with Crippen LogP contribution in [0.4, 0.5) is 0 Å². The Balaban J connectivity index is 1.67. The largest absolute Gasteiger partial charge is 0.467 e. The predicted molar refractivity (Wildman–Crippen MR) is 82.5 cm³/mol. The highest BCUT2D eigenvalue weighted by Crippen LogP contribution is 2.22. The summed E-state index contributed by atoms with van der Waals surface area (Å²) in [7, 11) is 0. The predicted octanol–water partition coefficient (Wildman–Crippen LogP) is 1.07. The van der Waals surface area contributed by atoms with Gasteiger partial charge in [0.15, 0.2) is 0 Å². The van der Waals surface area contributed by atoms with Crippen LogP contribution < -0.4 is 5.73 Å². The number of rotatable bonds is 4. The maximum Gasteiger partial charge on any atom is 0.257 e. The van der Waals surface area contributed by atoms with Crippen LogP contribution in [0.3, 0.4) is 0 Å². The Hall–Kier alpha value is -1.37. The van der Waals surface area contributed by atoms with E-state index in [4.69, 9.17) is 14.9 Å². The van der Waals surface area contributed by atoms with Crippen molar-refractivity contribution in [3.05, 3.63) is 23.7 Å². The fraction of sp³-hybridized carbons (Fsp3) is 0.688. The summed E-state index contributed by atoms with van der Waals surface area (Å²) < 4.78 is 10.7. The summed E-state index contributed by atoms with van der Waals surface area (Å²) in [5.41, 5.74) is 6.18. The molecule has 1 aromatic rings. The first kappa shape index (κ1) is 15.5. The Labute approximate surface area is 131 Å². The molecule has 0 radical (unpaired) electrons. The van der Waals surface area contributed by atoms with Crippen molar-refractivity contribution in [2.24, 2.45) is 5.73 Å². The maximum absolute atomic E-state index is 12.8. The molecule has 0 spiro atoms. The summed E-state index contributed by atoms with van der Waals surface area (Å²) in [5, 5.41) is 0. The molecule has 0 aromatic carbocycles. The van der Waals surface area contributed by atoms with Crippen molar-refractivity contribution < 1.29 is 13.9 Å². The summed E-state index contributed by atoms with van der Waals surface area (Å²) >= 11 is 0. The number of piperidine rings is 1. The van der Waals surface area contributed by atoms with E-state index in [9.17, 15) is 4.79 Å². The molecule has 2 aliphatic heterocycles. The van der Waals surface area contributed by atoms with Gasteiger partial charge in [0.1, 0.15) is 12.0 Å². The first-order chi connectivity index (χ1) is 10.8. The van der Waals surface area contributed by atoms with E-state index in [1.54, 1.807) is 6.07 Å². The molecule has 1 aromatic heterocycles. The highest BCUT2D eigenvalue weighted by atomic mass is 16.5. The summed E-state index contributed by atoms with van der Waals surface area (Å²) in [5.74, 6) is 0.728. The van der Waals surface area contributed by atoms with Gasteiger partial charge in [-0.2, -0.15) is 0 Å². The second-order valence-corrected chi connectivity index (χ2v) is 6.07. The minimum absolute atomic E-state index is 0.0707. The monoisotopic (exact) mass is 307 g/mol. The molecule has 0 aliphatic carbocycles. The zero-order chi connectivity index (χ0) is 15.4. The molecule has 2 saturated heterocycles. The van der Waals surface area contributed by atoms with Crippen molar-refractivity contribution in [2.45, 2.75) is 31.8 Å². The number of amides is 1. The number of nitrogens with two attached hydrogens (primary N) is 1. The smallest absolute Gasteiger partial charge is 0.257 e. The first-order valence-electron chi connectivity index (χ1n) is 8.16. The van der Waals surface area contributed by atoms with E-state index < -0.39 is 0 Å². The highest BCUT2D eigenvalue weighted by Gasteiger charge is 2.30. The van der Waals surface area contributed by atoms with Gasteiger partial charge in [-0.15, -0.1) is 0 Å². The van der Waals surface area contributed by atoms with Gasteiger partial charge >= 0.3 is 0 Å². The Morgan fingerprint density at radius 1 is 1.27 bits per heavy atom. The average molecular weight is 307 g/mol. The minimum Gasteiger partial charge on any atom is -0.467 e. The zero-order valence-corrected chi connectivity index (χ0v) is 13.0. The van der Waals surface area contributed by atoms with Crippen molar-refractivity contribution in [3.63, 3.8) is 0 Å². The SMILES string of the molecule is NCc1cc(C(=O)N2CCCCC2CN2CCOCC2)co1. The molecular formula is C16H25N3O3. The number of ether oxygens (including phenoxy) is 1. The number of hydrogen-bond donors (Lipinski definition) is 1. The van der Waals surface area contributed by atoms with Crippen molar-refractivity contribution in [3.8, 4) is 0 Å². The van der Waals surface area contributed by atoms with Crippen molar-refractivity contribution in [1.82, 2.24) is 9.80 Å². The van der Waals surface area contributed by atoms with Gasteiger partial charge in [-0.05, 0) is 25.3 Å². The second-order valence-electron chi connectivity index (χ2n) is 6.07. The molecule has 1 atom stereocenters. The summed E-state index contributed by atoms with van der Waals surface area (Å²) in [4.78, 5) is 17.2. The van der Waals surface area contributed by atoms with Crippen molar-refractivity contribution >= 4 is 5.91 Å². The maximum atomic E-state index is 12.8. The van der Waals surface area contributed by atoms with Gasteiger partial charge in [-0.25, -0.2) is 0 Å². The standard InChI is InChI=1S/C16H25N3O3/c17-10-15-9-13(12-22-15)16(20)19-4-2-1-3-14(19)11-18-5-7-21-8-6-18/h9,12,14H,1-8,10-11,17H2. The van der Waals surface area contributed by atoms with Crippen LogP contribution in [0.25, 0.3) is 0 Å². The third-order valence-corrected chi connectivity index (χ3v) is 4.56. The van der Waals surface area contributed by atoms with Gasteiger partial charge in [0.05, 0.1) is 25.3 Å². The van der Waals surface area contributed by atoms with Crippen LogP contribution in [-0.4, -0.2) is 61.1 Å². The van der Waals surface area contributed by atoms with Crippen LogP contribution in [0.15, 0.2) is 16.7 Å². The number of hydrogen-bond acceptors (Lipinski definition) is 5. The van der Waals surface area contributed by atoms with Crippen LogP contribution in [0.5, 0.6) is 0 Å². The highest BCUT2D eigenvalue weighted by molar-refractivity contribution is 5.94. The number of morpholine rings is 1. The van der Waals surface area contributed by atoms with Crippen LogP contribution in [0, 0.1) is 0 Å². The number of carbonyl (C=O) groups is 1. The number of likely N-dealkylation sites (tertiary alicyclic amines) is 1. The van der Waals surface area contributed by atoms with Gasteiger partial charge < -0.3 is 19.8 Å². The van der Waals surface area contributed by atoms with Gasteiger partial charge in [-0.3, -0.25) is 9.69 Å². The molecule has 6 nitrogen and oxygen atoms in total. The summed E-state index contributed by atoms with van der Waals surface area (Å²) in [6.45, 7) is 5.60. The third kappa shape index (κ3) is 3.51. The van der Waals surface area contributed by atoms with Crippen LogP contribution in [0.1, 0.15) is 35.4 Å². The van der Waals surface area contributed by atoms with Crippen molar-refractivity contribution in [1.29, 1.82) is 0 Å². The Bertz CT molecular complexity index is 497. The first-order valence-corrected chi connectivity index (χ1v) is 8.16. The van der Waals surface area contributed by atoms with E-state index in [2.05, 4.69) is 4.90 Å². The van der Waals surface area contributed by atoms with E-state index in [1.807, 2.05) is 4.90 Å². The quantitative estimate of drug-likeness (QED) is 0.901. The zero-order valence-electron chi connectivity index (χ0n) is 13.0. The average Bonchev–Trinajstić information content (AvgIpc) is 3.05. The van der Waals surface area contributed by atoms with E-state index in [0.29, 0.717) is 17.9 Å². The lowest BCUT2D eigenvalue weighted by molar-refractivity contribution is 0.0166. The second kappa shape index (κ2) is 7.26. The van der Waals surface area contributed by atoms with E-state index in [1.165, 1.54) is 12.7 Å². The van der Waals surface area contributed by atoms with Crippen LogP contribution >= 0.6 is 0 Å². The Kier molecular flexibility index (Phi) is 5.12. The van der Waals surface area contributed by atoms with E-state index in [-0.39, 0.29) is 11.9 Å². The van der Waals surface area contributed by atoms with Crippen LogP contribution in [0.2, 0.25) is 0 Å². The van der Waals surface area contributed by atoms with Crippen LogP contribution in [-0.2, 0) is 11.3 Å². The molecular weight excluding hydrogens is 282 g/mol. The fourth-order valence-electron chi connectivity index (χ4n) is 3.31. The van der Waals surface area contributed by atoms with E-state index >= 15 is 0 Å². The molecule has 6 heteroatoms. The lowest BCUT2D eigenvalue weighted by Gasteiger charge is -2.39. The Morgan fingerprint density at radius 2 is 2.09 bits per heavy atom. The minimum atomic E-state index is 0.0707. The fourth-order valence-corrected chi connectivity index (χ4v) is 3.31. The normalized spacial score (nSPS) is 23.7. The summed E-state index contributed by atoms with van der Waals surface area (Å²) in [6, 6.07) is 2.05. The molecule has 0 bridgehead atoms. The third-order valence-electron chi connectivity index (χ3n) is 4.56. The molecule has 1 unspecified atom stereocenters. The molecule has 122 valence electrons. The molecule has 2 aliphatic rings. The lowest BCUT2D eigenvalue weighted by atomic mass is 10.0.